The second-order valence-corrected chi connectivity index (χ2v) is 1.98. The second-order valence-electron chi connectivity index (χ2n) is 1.98. The van der Waals surface area contributed by atoms with Crippen LogP contribution in [0.4, 0.5) is 0 Å². The summed E-state index contributed by atoms with van der Waals surface area (Å²) in [5.41, 5.74) is 0. The molecule has 3 nitrogen and oxygen atoms in total. The first-order valence-electron chi connectivity index (χ1n) is 2.60. The van der Waals surface area contributed by atoms with Gasteiger partial charge in [0.05, 0.1) is 6.00 Å². The standard InChI is InChI=1S/C5H7BO3/c1-2-3(7)4(8)5(6)9-2/h3-5,7-8H,1H2/t3-,4-,5-/m1/s1. The summed E-state index contributed by atoms with van der Waals surface area (Å²) in [6.45, 7) is 3.32. The quantitative estimate of drug-likeness (QED) is 0.398. The van der Waals surface area contributed by atoms with Gasteiger partial charge < -0.3 is 14.9 Å². The Balaban J connectivity index is 2.65. The highest BCUT2D eigenvalue weighted by molar-refractivity contribution is 6.11. The molecule has 4 heteroatoms. The van der Waals surface area contributed by atoms with E-state index in [-0.39, 0.29) is 5.76 Å². The number of hydrogen-bond donors (Lipinski definition) is 2. The van der Waals surface area contributed by atoms with Gasteiger partial charge >= 0.3 is 0 Å². The first-order chi connectivity index (χ1) is 4.13. The summed E-state index contributed by atoms with van der Waals surface area (Å²) in [5, 5.41) is 17.8. The maximum Gasteiger partial charge on any atom is 0.139 e. The molecule has 0 aliphatic carbocycles. The molecule has 0 spiro atoms. The number of aliphatic hydroxyl groups is 2. The van der Waals surface area contributed by atoms with Crippen molar-refractivity contribution in [2.75, 3.05) is 0 Å². The van der Waals surface area contributed by atoms with Crippen LogP contribution < -0.4 is 0 Å². The summed E-state index contributed by atoms with van der Waals surface area (Å²) in [6, 6.07) is -0.826. The van der Waals surface area contributed by atoms with Crippen LogP contribution in [-0.4, -0.2) is 36.3 Å². The largest absolute Gasteiger partial charge is 0.500 e. The second kappa shape index (κ2) is 2.04. The van der Waals surface area contributed by atoms with Crippen LogP contribution in [0.15, 0.2) is 12.3 Å². The monoisotopic (exact) mass is 126 g/mol. The maximum atomic E-state index is 8.88. The lowest BCUT2D eigenvalue weighted by Gasteiger charge is -2.06. The van der Waals surface area contributed by atoms with E-state index in [0.29, 0.717) is 0 Å². The van der Waals surface area contributed by atoms with E-state index in [9.17, 15) is 0 Å². The van der Waals surface area contributed by atoms with E-state index in [0.717, 1.165) is 0 Å². The molecule has 1 saturated heterocycles. The van der Waals surface area contributed by atoms with Crippen molar-refractivity contribution < 1.29 is 14.9 Å². The molecule has 2 N–H and O–H groups in total. The van der Waals surface area contributed by atoms with Crippen molar-refractivity contribution in [3.8, 4) is 0 Å². The molecule has 0 bridgehead atoms. The first-order valence-corrected chi connectivity index (χ1v) is 2.60. The maximum absolute atomic E-state index is 8.88. The van der Waals surface area contributed by atoms with Gasteiger partial charge in [-0.15, -0.1) is 0 Å². The van der Waals surface area contributed by atoms with E-state index in [1.165, 1.54) is 0 Å². The highest BCUT2D eigenvalue weighted by Gasteiger charge is 2.34. The minimum Gasteiger partial charge on any atom is -0.500 e. The molecule has 0 aromatic heterocycles. The molecule has 1 rings (SSSR count). The van der Waals surface area contributed by atoms with E-state index < -0.39 is 18.2 Å². The van der Waals surface area contributed by atoms with E-state index in [1.54, 1.807) is 0 Å². The van der Waals surface area contributed by atoms with Crippen LogP contribution in [0.2, 0.25) is 0 Å². The predicted molar refractivity (Wildman–Crippen MR) is 31.8 cm³/mol. The third-order valence-corrected chi connectivity index (χ3v) is 1.28. The first kappa shape index (κ1) is 6.64. The van der Waals surface area contributed by atoms with Gasteiger partial charge in [-0.1, -0.05) is 6.58 Å². The molecule has 0 aromatic rings. The molecule has 9 heavy (non-hydrogen) atoms. The van der Waals surface area contributed by atoms with Gasteiger partial charge in [0, 0.05) is 0 Å². The molecule has 0 saturated carbocycles. The Kier molecular flexibility index (Phi) is 1.51. The van der Waals surface area contributed by atoms with E-state index in [4.69, 9.17) is 18.1 Å². The Morgan fingerprint density at radius 2 is 2.11 bits per heavy atom. The van der Waals surface area contributed by atoms with Crippen molar-refractivity contribution in [1.29, 1.82) is 0 Å². The fraction of sp³-hybridized carbons (Fsp3) is 0.600. The number of aliphatic hydroxyl groups excluding tert-OH is 2. The predicted octanol–water partition coefficient (Wildman–Crippen LogP) is -1.25. The molecule has 2 radical (unpaired) electrons. The highest BCUT2D eigenvalue weighted by Crippen LogP contribution is 2.20. The minimum absolute atomic E-state index is 0.134. The van der Waals surface area contributed by atoms with Gasteiger partial charge in [0.2, 0.25) is 0 Å². The van der Waals surface area contributed by atoms with Crippen molar-refractivity contribution in [3.63, 3.8) is 0 Å². The molecular weight excluding hydrogens is 119 g/mol. The summed E-state index contributed by atoms with van der Waals surface area (Å²) in [6.07, 6.45) is -2.06. The van der Waals surface area contributed by atoms with E-state index >= 15 is 0 Å². The summed E-state index contributed by atoms with van der Waals surface area (Å²) in [5.74, 6) is 0.134. The SMILES string of the molecule is [B][C@@H]1OC(=C)[C@@H](O)[C@H]1O. The molecule has 0 aromatic carbocycles. The number of hydrogen-bond acceptors (Lipinski definition) is 3. The summed E-state index contributed by atoms with van der Waals surface area (Å²) in [7, 11) is 5.17. The molecule has 48 valence electrons. The van der Waals surface area contributed by atoms with Crippen molar-refractivity contribution in [2.24, 2.45) is 0 Å². The lowest BCUT2D eigenvalue weighted by Crippen LogP contribution is -2.29. The van der Waals surface area contributed by atoms with Crippen molar-refractivity contribution >= 4 is 7.85 Å². The zero-order valence-electron chi connectivity index (χ0n) is 4.82. The Hall–Kier alpha value is -0.475. The Morgan fingerprint density at radius 3 is 2.22 bits per heavy atom. The Labute approximate surface area is 54.4 Å². The number of ether oxygens (including phenoxy) is 1. The Morgan fingerprint density at radius 1 is 1.56 bits per heavy atom. The van der Waals surface area contributed by atoms with E-state index in [2.05, 4.69) is 11.3 Å². The van der Waals surface area contributed by atoms with Crippen LogP contribution >= 0.6 is 0 Å². The van der Waals surface area contributed by atoms with Crippen molar-refractivity contribution in [3.05, 3.63) is 12.3 Å². The molecule has 0 amide bonds. The van der Waals surface area contributed by atoms with Crippen molar-refractivity contribution in [1.82, 2.24) is 0 Å². The van der Waals surface area contributed by atoms with Gasteiger partial charge in [-0.25, -0.2) is 0 Å². The summed E-state index contributed by atoms with van der Waals surface area (Å²) < 4.78 is 4.67. The Bertz CT molecular complexity index is 136. The van der Waals surface area contributed by atoms with Crippen LogP contribution in [0.3, 0.4) is 0 Å². The smallest absolute Gasteiger partial charge is 0.139 e. The van der Waals surface area contributed by atoms with Gasteiger partial charge in [0.15, 0.2) is 0 Å². The fourth-order valence-corrected chi connectivity index (χ4v) is 0.684. The van der Waals surface area contributed by atoms with Crippen LogP contribution in [-0.2, 0) is 4.74 Å². The van der Waals surface area contributed by atoms with Gasteiger partial charge in [-0.2, -0.15) is 0 Å². The lowest BCUT2D eigenvalue weighted by molar-refractivity contribution is 0.0527. The molecule has 1 heterocycles. The zero-order valence-corrected chi connectivity index (χ0v) is 4.82. The summed E-state index contributed by atoms with van der Waals surface area (Å²) >= 11 is 0. The minimum atomic E-state index is -1.03. The zero-order chi connectivity index (χ0) is 7.02. The average molecular weight is 126 g/mol. The third-order valence-electron chi connectivity index (χ3n) is 1.28. The van der Waals surface area contributed by atoms with Gasteiger partial charge in [0.1, 0.15) is 25.8 Å². The molecule has 1 aliphatic heterocycles. The van der Waals surface area contributed by atoms with Crippen molar-refractivity contribution in [2.45, 2.75) is 18.2 Å². The third kappa shape index (κ3) is 0.953. The molecule has 1 fully saturated rings. The highest BCUT2D eigenvalue weighted by atomic mass is 16.5. The lowest BCUT2D eigenvalue weighted by atomic mass is 9.94. The van der Waals surface area contributed by atoms with Crippen LogP contribution in [0.5, 0.6) is 0 Å². The number of rotatable bonds is 0. The molecule has 1 aliphatic rings. The normalized spacial score (nSPS) is 42.9. The summed E-state index contributed by atoms with van der Waals surface area (Å²) in [4.78, 5) is 0. The molecule has 0 unspecified atom stereocenters. The van der Waals surface area contributed by atoms with Gasteiger partial charge in [-0.3, -0.25) is 0 Å². The van der Waals surface area contributed by atoms with E-state index in [1.807, 2.05) is 0 Å². The van der Waals surface area contributed by atoms with Gasteiger partial charge in [0.25, 0.3) is 0 Å². The van der Waals surface area contributed by atoms with Crippen LogP contribution in [0, 0.1) is 0 Å². The fourth-order valence-electron chi connectivity index (χ4n) is 0.684. The topological polar surface area (TPSA) is 49.7 Å². The molecule has 3 atom stereocenters. The van der Waals surface area contributed by atoms with Crippen LogP contribution in [0.1, 0.15) is 0 Å². The molecular formula is C5H7BO3. The average Bonchev–Trinajstić information content (AvgIpc) is 1.98. The van der Waals surface area contributed by atoms with Crippen LogP contribution in [0.25, 0.3) is 0 Å². The van der Waals surface area contributed by atoms with Gasteiger partial charge in [-0.05, 0) is 0 Å².